The fourth-order valence-corrected chi connectivity index (χ4v) is 2.57. The van der Waals surface area contributed by atoms with Gasteiger partial charge < -0.3 is 10.5 Å². The minimum atomic E-state index is -0.395. The highest BCUT2D eigenvalue weighted by molar-refractivity contribution is 6.42. The van der Waals surface area contributed by atoms with E-state index in [-0.39, 0.29) is 6.04 Å². The number of halogens is 2. The van der Waals surface area contributed by atoms with E-state index in [1.165, 1.54) is 0 Å². The highest BCUT2D eigenvalue weighted by Gasteiger charge is 2.35. The van der Waals surface area contributed by atoms with Crippen LogP contribution in [-0.2, 0) is 4.74 Å². The lowest BCUT2D eigenvalue weighted by Crippen LogP contribution is -2.42. The average molecular weight is 276 g/mol. The topological polar surface area (TPSA) is 35.2 Å². The van der Waals surface area contributed by atoms with Gasteiger partial charge in [-0.3, -0.25) is 0 Å². The van der Waals surface area contributed by atoms with Gasteiger partial charge in [-0.15, -0.1) is 0 Å². The van der Waals surface area contributed by atoms with E-state index < -0.39 is 5.60 Å². The highest BCUT2D eigenvalue weighted by Crippen LogP contribution is 2.38. The van der Waals surface area contributed by atoms with Crippen molar-refractivity contribution >= 4 is 23.2 Å². The molecule has 0 aliphatic carbocycles. The number of nitrogens with two attached hydrogens (primary N) is 1. The zero-order valence-corrected chi connectivity index (χ0v) is 12.0. The van der Waals surface area contributed by atoms with Crippen LogP contribution in [0.1, 0.15) is 38.3 Å². The minimum absolute atomic E-state index is 0.284. The molecule has 2 N–H and O–H groups in total. The zero-order chi connectivity index (χ0) is 13.1. The summed E-state index contributed by atoms with van der Waals surface area (Å²) in [5.74, 6) is 0. The second kappa shape index (κ2) is 6.05. The molecule has 0 aliphatic rings. The normalized spacial score (nSPS) is 13.8. The molecule has 0 spiro atoms. The maximum atomic E-state index is 6.31. The van der Waals surface area contributed by atoms with Crippen LogP contribution in [0, 0.1) is 0 Å². The molecule has 0 aliphatic heterocycles. The quantitative estimate of drug-likeness (QED) is 0.874. The Morgan fingerprint density at radius 2 is 1.88 bits per heavy atom. The summed E-state index contributed by atoms with van der Waals surface area (Å²) >= 11 is 12.2. The van der Waals surface area contributed by atoms with Crippen LogP contribution in [-0.4, -0.2) is 12.7 Å². The van der Waals surface area contributed by atoms with Crippen LogP contribution in [0.25, 0.3) is 0 Å². The van der Waals surface area contributed by atoms with Crippen LogP contribution in [0.4, 0.5) is 0 Å². The monoisotopic (exact) mass is 275 g/mol. The number of ether oxygens (including phenoxy) is 1. The van der Waals surface area contributed by atoms with Gasteiger partial charge in [-0.1, -0.05) is 49.2 Å². The van der Waals surface area contributed by atoms with E-state index in [0.717, 1.165) is 18.4 Å². The maximum absolute atomic E-state index is 6.31. The molecular formula is C13H19Cl2NO. The number of benzene rings is 1. The summed E-state index contributed by atoms with van der Waals surface area (Å²) in [6.07, 6.45) is 1.65. The highest BCUT2D eigenvalue weighted by atomic mass is 35.5. The fraction of sp³-hybridized carbons (Fsp3) is 0.538. The molecule has 1 atom stereocenters. The molecule has 0 fully saturated rings. The van der Waals surface area contributed by atoms with Crippen LogP contribution in [0.15, 0.2) is 18.2 Å². The summed E-state index contributed by atoms with van der Waals surface area (Å²) < 4.78 is 5.62. The molecule has 0 radical (unpaired) electrons. The molecule has 4 heteroatoms. The van der Waals surface area contributed by atoms with E-state index in [1.807, 2.05) is 12.1 Å². The molecule has 0 amide bonds. The van der Waals surface area contributed by atoms with Crippen molar-refractivity contribution < 1.29 is 4.74 Å². The summed E-state index contributed by atoms with van der Waals surface area (Å²) in [6.45, 7) is 4.12. The first kappa shape index (κ1) is 14.8. The molecule has 1 unspecified atom stereocenters. The van der Waals surface area contributed by atoms with Gasteiger partial charge in [0, 0.05) is 7.11 Å². The predicted molar refractivity (Wildman–Crippen MR) is 73.7 cm³/mol. The summed E-state index contributed by atoms with van der Waals surface area (Å²) in [4.78, 5) is 0. The summed E-state index contributed by atoms with van der Waals surface area (Å²) in [5.41, 5.74) is 6.75. The van der Waals surface area contributed by atoms with Crippen molar-refractivity contribution in [1.82, 2.24) is 0 Å². The summed E-state index contributed by atoms with van der Waals surface area (Å²) in [5, 5.41) is 1.04. The van der Waals surface area contributed by atoms with Gasteiger partial charge in [0.1, 0.15) is 0 Å². The molecule has 0 saturated heterocycles. The molecular weight excluding hydrogens is 257 g/mol. The molecule has 96 valence electrons. The first-order valence-electron chi connectivity index (χ1n) is 5.77. The van der Waals surface area contributed by atoms with Gasteiger partial charge in [-0.05, 0) is 24.5 Å². The summed E-state index contributed by atoms with van der Waals surface area (Å²) in [6, 6.07) is 5.23. The first-order valence-corrected chi connectivity index (χ1v) is 6.52. The van der Waals surface area contributed by atoms with Crippen molar-refractivity contribution in [2.24, 2.45) is 5.73 Å². The third-order valence-electron chi connectivity index (χ3n) is 3.49. The summed E-state index contributed by atoms with van der Waals surface area (Å²) in [7, 11) is 1.69. The largest absolute Gasteiger partial charge is 0.376 e. The first-order chi connectivity index (χ1) is 8.02. The third kappa shape index (κ3) is 2.76. The second-order valence-corrected chi connectivity index (χ2v) is 4.88. The predicted octanol–water partition coefficient (Wildman–Crippen LogP) is 4.20. The van der Waals surface area contributed by atoms with Crippen molar-refractivity contribution in [1.29, 1.82) is 0 Å². The number of hydrogen-bond donors (Lipinski definition) is 1. The Morgan fingerprint density at radius 1 is 1.29 bits per heavy atom. The Hall–Kier alpha value is -0.280. The van der Waals surface area contributed by atoms with E-state index in [4.69, 9.17) is 33.7 Å². The zero-order valence-electron chi connectivity index (χ0n) is 10.5. The molecule has 0 heterocycles. The van der Waals surface area contributed by atoms with Crippen LogP contribution < -0.4 is 5.73 Å². The lowest BCUT2D eigenvalue weighted by Gasteiger charge is -2.36. The van der Waals surface area contributed by atoms with E-state index in [2.05, 4.69) is 13.8 Å². The van der Waals surface area contributed by atoms with Gasteiger partial charge in [-0.2, -0.15) is 0 Å². The van der Waals surface area contributed by atoms with Crippen LogP contribution in [0.5, 0.6) is 0 Å². The number of methoxy groups -OCH3 is 1. The Labute approximate surface area is 113 Å². The van der Waals surface area contributed by atoms with Gasteiger partial charge >= 0.3 is 0 Å². The number of hydrogen-bond acceptors (Lipinski definition) is 2. The Bertz CT molecular complexity index is 369. The average Bonchev–Trinajstić information content (AvgIpc) is 2.35. The Morgan fingerprint density at radius 3 is 2.35 bits per heavy atom. The standard InChI is InChI=1S/C13H19Cl2NO/c1-4-13(5-2,17-3)12(16)9-7-6-8-10(14)11(9)15/h6-8,12H,4-5,16H2,1-3H3. The second-order valence-electron chi connectivity index (χ2n) is 4.10. The van der Waals surface area contributed by atoms with E-state index in [9.17, 15) is 0 Å². The molecule has 17 heavy (non-hydrogen) atoms. The van der Waals surface area contributed by atoms with Gasteiger partial charge in [0.2, 0.25) is 0 Å². The minimum Gasteiger partial charge on any atom is -0.376 e. The van der Waals surface area contributed by atoms with Gasteiger partial charge in [-0.25, -0.2) is 0 Å². The molecule has 0 saturated carbocycles. The third-order valence-corrected chi connectivity index (χ3v) is 4.32. The Kier molecular flexibility index (Phi) is 5.26. The van der Waals surface area contributed by atoms with E-state index in [0.29, 0.717) is 10.0 Å². The van der Waals surface area contributed by atoms with Crippen LogP contribution in [0.2, 0.25) is 10.0 Å². The van der Waals surface area contributed by atoms with Crippen molar-refractivity contribution in [2.45, 2.75) is 38.3 Å². The molecule has 1 aromatic carbocycles. The molecule has 0 aromatic heterocycles. The molecule has 1 rings (SSSR count). The van der Waals surface area contributed by atoms with E-state index >= 15 is 0 Å². The van der Waals surface area contributed by atoms with Crippen LogP contribution in [0.3, 0.4) is 0 Å². The van der Waals surface area contributed by atoms with Crippen molar-refractivity contribution in [3.8, 4) is 0 Å². The maximum Gasteiger partial charge on any atom is 0.0865 e. The molecule has 0 bridgehead atoms. The lowest BCUT2D eigenvalue weighted by molar-refractivity contribution is -0.0385. The number of rotatable bonds is 5. The van der Waals surface area contributed by atoms with E-state index in [1.54, 1.807) is 13.2 Å². The van der Waals surface area contributed by atoms with Crippen LogP contribution >= 0.6 is 23.2 Å². The van der Waals surface area contributed by atoms with Crippen molar-refractivity contribution in [3.05, 3.63) is 33.8 Å². The molecule has 2 nitrogen and oxygen atoms in total. The van der Waals surface area contributed by atoms with Crippen molar-refractivity contribution in [2.75, 3.05) is 7.11 Å². The molecule has 1 aromatic rings. The Balaban J connectivity index is 3.18. The SMILES string of the molecule is CCC(CC)(OC)C(N)c1cccc(Cl)c1Cl. The fourth-order valence-electron chi connectivity index (χ4n) is 2.15. The van der Waals surface area contributed by atoms with Gasteiger partial charge in [0.05, 0.1) is 21.7 Å². The van der Waals surface area contributed by atoms with Gasteiger partial charge in [0.25, 0.3) is 0 Å². The smallest absolute Gasteiger partial charge is 0.0865 e. The lowest BCUT2D eigenvalue weighted by atomic mass is 9.84. The van der Waals surface area contributed by atoms with Crippen molar-refractivity contribution in [3.63, 3.8) is 0 Å². The van der Waals surface area contributed by atoms with Gasteiger partial charge in [0.15, 0.2) is 0 Å².